The molecule has 1 atom stereocenters. The van der Waals surface area contributed by atoms with Crippen LogP contribution in [0.4, 0.5) is 11.4 Å². The summed E-state index contributed by atoms with van der Waals surface area (Å²) in [5.41, 5.74) is 2.19. The minimum Gasteiger partial charge on any atom is -0.481 e. The van der Waals surface area contributed by atoms with Gasteiger partial charge in [-0.15, -0.1) is 0 Å². The van der Waals surface area contributed by atoms with E-state index in [-0.39, 0.29) is 12.5 Å². The average Bonchev–Trinajstić information content (AvgIpc) is 2.62. The molecule has 0 saturated carbocycles. The summed E-state index contributed by atoms with van der Waals surface area (Å²) in [5, 5.41) is 12.5. The van der Waals surface area contributed by atoms with Gasteiger partial charge in [-0.05, 0) is 37.1 Å². The highest BCUT2D eigenvalue weighted by atomic mass is 16.4. The van der Waals surface area contributed by atoms with Crippen molar-refractivity contribution in [2.45, 2.75) is 12.8 Å². The number of carboxylic acids is 1. The van der Waals surface area contributed by atoms with Gasteiger partial charge in [-0.2, -0.15) is 0 Å². The number of nitrogens with zero attached hydrogens (tertiary/aromatic N) is 1. The zero-order valence-electron chi connectivity index (χ0n) is 13.3. The molecule has 0 bridgehead atoms. The number of amides is 1. The van der Waals surface area contributed by atoms with Gasteiger partial charge in [0.15, 0.2) is 0 Å². The van der Waals surface area contributed by atoms with Crippen LogP contribution in [0.3, 0.4) is 0 Å². The molecule has 2 aromatic rings. The molecular weight excluding hydrogens is 304 g/mol. The number of carboxylic acid groups (broad SMARTS) is 1. The molecule has 1 saturated heterocycles. The fraction of sp³-hybridized carbons (Fsp3) is 0.263. The van der Waals surface area contributed by atoms with Crippen molar-refractivity contribution in [2.24, 2.45) is 5.92 Å². The van der Waals surface area contributed by atoms with Crippen molar-refractivity contribution in [1.29, 1.82) is 0 Å². The molecule has 1 amide bonds. The minimum atomic E-state index is -0.830. The summed E-state index contributed by atoms with van der Waals surface area (Å²) in [6.07, 6.45) is 1.35. The fourth-order valence-corrected chi connectivity index (χ4v) is 2.99. The van der Waals surface area contributed by atoms with E-state index in [1.54, 1.807) is 11.0 Å². The second kappa shape index (κ2) is 7.17. The highest BCUT2D eigenvalue weighted by molar-refractivity contribution is 6.00. The molecular formula is C19H20N2O3. The van der Waals surface area contributed by atoms with Crippen LogP contribution in [-0.4, -0.2) is 35.0 Å². The Morgan fingerprint density at radius 2 is 1.75 bits per heavy atom. The molecule has 5 nitrogen and oxygen atoms in total. The zero-order chi connectivity index (χ0) is 16.9. The standard InChI is InChI=1S/C19H20N2O3/c22-18(21-12-6-7-14(13-21)19(23)24)16-10-4-5-11-17(16)20-15-8-2-1-3-9-15/h1-5,8-11,14,20H,6-7,12-13H2,(H,23,24)/t14-/m0/s1. The fourth-order valence-electron chi connectivity index (χ4n) is 2.99. The number of likely N-dealkylation sites (tertiary alicyclic amines) is 1. The molecule has 1 heterocycles. The summed E-state index contributed by atoms with van der Waals surface area (Å²) in [4.78, 5) is 25.7. The van der Waals surface area contributed by atoms with Gasteiger partial charge in [-0.1, -0.05) is 30.3 Å². The first kappa shape index (κ1) is 16.1. The van der Waals surface area contributed by atoms with Gasteiger partial charge >= 0.3 is 5.97 Å². The van der Waals surface area contributed by atoms with Crippen LogP contribution in [0.25, 0.3) is 0 Å². The Kier molecular flexibility index (Phi) is 4.79. The molecule has 1 aliphatic heterocycles. The monoisotopic (exact) mass is 324 g/mol. The van der Waals surface area contributed by atoms with Gasteiger partial charge in [0, 0.05) is 18.8 Å². The van der Waals surface area contributed by atoms with Gasteiger partial charge in [0.05, 0.1) is 17.2 Å². The van der Waals surface area contributed by atoms with Gasteiger partial charge < -0.3 is 15.3 Å². The molecule has 5 heteroatoms. The molecule has 0 unspecified atom stereocenters. The van der Waals surface area contributed by atoms with E-state index in [1.807, 2.05) is 48.5 Å². The normalized spacial score (nSPS) is 17.3. The third-order valence-electron chi connectivity index (χ3n) is 4.27. The first-order valence-corrected chi connectivity index (χ1v) is 8.08. The van der Waals surface area contributed by atoms with E-state index in [2.05, 4.69) is 5.32 Å². The van der Waals surface area contributed by atoms with Crippen LogP contribution in [0, 0.1) is 5.92 Å². The number of carbonyl (C=O) groups is 2. The van der Waals surface area contributed by atoms with Crippen molar-refractivity contribution in [2.75, 3.05) is 18.4 Å². The average molecular weight is 324 g/mol. The Balaban J connectivity index is 1.81. The van der Waals surface area contributed by atoms with E-state index in [0.717, 1.165) is 17.8 Å². The number of para-hydroxylation sites is 2. The van der Waals surface area contributed by atoms with E-state index in [1.165, 1.54) is 0 Å². The SMILES string of the molecule is O=C(O)[C@H]1CCCN(C(=O)c2ccccc2Nc2ccccc2)C1. The number of anilines is 2. The van der Waals surface area contributed by atoms with Crippen LogP contribution in [0.2, 0.25) is 0 Å². The predicted octanol–water partition coefficient (Wildman–Crippen LogP) is 3.37. The number of hydrogen-bond donors (Lipinski definition) is 2. The van der Waals surface area contributed by atoms with Crippen LogP contribution in [0.1, 0.15) is 23.2 Å². The van der Waals surface area contributed by atoms with Crippen LogP contribution in [0.5, 0.6) is 0 Å². The van der Waals surface area contributed by atoms with Crippen molar-refractivity contribution < 1.29 is 14.7 Å². The molecule has 2 aromatic carbocycles. The second-order valence-electron chi connectivity index (χ2n) is 5.97. The quantitative estimate of drug-likeness (QED) is 0.905. The van der Waals surface area contributed by atoms with Crippen molar-refractivity contribution in [3.05, 3.63) is 60.2 Å². The number of rotatable bonds is 4. The molecule has 124 valence electrons. The number of benzene rings is 2. The molecule has 0 spiro atoms. The van der Waals surface area contributed by atoms with Gasteiger partial charge in [0.25, 0.3) is 5.91 Å². The lowest BCUT2D eigenvalue weighted by atomic mass is 9.97. The maximum atomic E-state index is 12.9. The lowest BCUT2D eigenvalue weighted by molar-refractivity contribution is -0.143. The van der Waals surface area contributed by atoms with E-state index in [4.69, 9.17) is 0 Å². The maximum absolute atomic E-state index is 12.9. The number of aliphatic carboxylic acids is 1. The van der Waals surface area contributed by atoms with Crippen LogP contribution in [0.15, 0.2) is 54.6 Å². The number of carbonyl (C=O) groups excluding carboxylic acids is 1. The lowest BCUT2D eigenvalue weighted by Crippen LogP contribution is -2.42. The van der Waals surface area contributed by atoms with Crippen molar-refractivity contribution in [3.8, 4) is 0 Å². The molecule has 3 rings (SSSR count). The van der Waals surface area contributed by atoms with Crippen molar-refractivity contribution >= 4 is 23.3 Å². The predicted molar refractivity (Wildman–Crippen MR) is 92.4 cm³/mol. The van der Waals surface area contributed by atoms with Crippen molar-refractivity contribution in [3.63, 3.8) is 0 Å². The van der Waals surface area contributed by atoms with E-state index >= 15 is 0 Å². The third kappa shape index (κ3) is 3.56. The molecule has 2 N–H and O–H groups in total. The summed E-state index contributed by atoms with van der Waals surface area (Å²) in [7, 11) is 0. The van der Waals surface area contributed by atoms with Crippen LogP contribution < -0.4 is 5.32 Å². The topological polar surface area (TPSA) is 69.6 Å². The lowest BCUT2D eigenvalue weighted by Gasteiger charge is -2.31. The summed E-state index contributed by atoms with van der Waals surface area (Å²) >= 11 is 0. The second-order valence-corrected chi connectivity index (χ2v) is 5.97. The van der Waals surface area contributed by atoms with Crippen LogP contribution >= 0.6 is 0 Å². The highest BCUT2D eigenvalue weighted by Crippen LogP contribution is 2.24. The first-order chi connectivity index (χ1) is 11.6. The van der Waals surface area contributed by atoms with E-state index in [0.29, 0.717) is 18.5 Å². The maximum Gasteiger partial charge on any atom is 0.308 e. The van der Waals surface area contributed by atoms with Crippen molar-refractivity contribution in [1.82, 2.24) is 4.90 Å². The Morgan fingerprint density at radius 3 is 2.50 bits per heavy atom. The highest BCUT2D eigenvalue weighted by Gasteiger charge is 2.29. The summed E-state index contributed by atoms with van der Waals surface area (Å²) in [6, 6.07) is 17.0. The molecule has 0 aromatic heterocycles. The molecule has 1 fully saturated rings. The Hall–Kier alpha value is -2.82. The van der Waals surface area contributed by atoms with E-state index < -0.39 is 11.9 Å². The Labute approximate surface area is 140 Å². The van der Waals surface area contributed by atoms with Crippen LogP contribution in [-0.2, 0) is 4.79 Å². The third-order valence-corrected chi connectivity index (χ3v) is 4.27. The molecule has 1 aliphatic rings. The first-order valence-electron chi connectivity index (χ1n) is 8.08. The molecule has 24 heavy (non-hydrogen) atoms. The number of piperidine rings is 1. The summed E-state index contributed by atoms with van der Waals surface area (Å²) in [6.45, 7) is 0.871. The zero-order valence-corrected chi connectivity index (χ0v) is 13.3. The largest absolute Gasteiger partial charge is 0.481 e. The summed E-state index contributed by atoms with van der Waals surface area (Å²) < 4.78 is 0. The minimum absolute atomic E-state index is 0.125. The summed E-state index contributed by atoms with van der Waals surface area (Å²) in [5.74, 6) is -1.43. The van der Waals surface area contributed by atoms with E-state index in [9.17, 15) is 14.7 Å². The number of nitrogens with one attached hydrogen (secondary N) is 1. The Bertz CT molecular complexity index is 730. The molecule has 0 radical (unpaired) electrons. The number of hydrogen-bond acceptors (Lipinski definition) is 3. The smallest absolute Gasteiger partial charge is 0.308 e. The van der Waals surface area contributed by atoms with Gasteiger partial charge in [0.2, 0.25) is 0 Å². The van der Waals surface area contributed by atoms with Gasteiger partial charge in [-0.25, -0.2) is 0 Å². The molecule has 0 aliphatic carbocycles. The van der Waals surface area contributed by atoms with Gasteiger partial charge in [0.1, 0.15) is 0 Å². The Morgan fingerprint density at radius 1 is 1.04 bits per heavy atom. The van der Waals surface area contributed by atoms with Gasteiger partial charge in [-0.3, -0.25) is 9.59 Å².